The number of ether oxygens (including phenoxy) is 2. The van der Waals surface area contributed by atoms with Crippen molar-refractivity contribution >= 4 is 27.7 Å². The lowest BCUT2D eigenvalue weighted by molar-refractivity contribution is -0.141. The zero-order chi connectivity index (χ0) is 28.7. The molecule has 0 aromatic heterocycles. The number of amides is 2. The molecule has 0 aliphatic heterocycles. The third kappa shape index (κ3) is 9.70. The van der Waals surface area contributed by atoms with Gasteiger partial charge in [0.2, 0.25) is 11.8 Å². The van der Waals surface area contributed by atoms with Gasteiger partial charge in [0.05, 0.1) is 13.2 Å². The molecule has 0 saturated carbocycles. The van der Waals surface area contributed by atoms with Crippen molar-refractivity contribution in [3.63, 3.8) is 0 Å². The summed E-state index contributed by atoms with van der Waals surface area (Å²) in [7, 11) is 0. The van der Waals surface area contributed by atoms with Crippen molar-refractivity contribution in [1.82, 2.24) is 10.2 Å². The SMILES string of the molecule is CCCCNC(=O)C(Cc1ccccc1)N(Cc1ccc(Br)cc1)C(=O)CCc1ccc(OCC)c(OCC)c1. The lowest BCUT2D eigenvalue weighted by atomic mass is 10.0. The van der Waals surface area contributed by atoms with E-state index in [9.17, 15) is 9.59 Å². The number of nitrogens with zero attached hydrogens (tertiary/aromatic N) is 1. The Balaban J connectivity index is 1.87. The van der Waals surface area contributed by atoms with Gasteiger partial charge in [-0.2, -0.15) is 0 Å². The van der Waals surface area contributed by atoms with Crippen LogP contribution in [0.25, 0.3) is 0 Å². The number of rotatable bonds is 16. The van der Waals surface area contributed by atoms with Gasteiger partial charge in [0.1, 0.15) is 6.04 Å². The van der Waals surface area contributed by atoms with E-state index in [-0.39, 0.29) is 18.2 Å². The molecule has 7 heteroatoms. The van der Waals surface area contributed by atoms with Crippen LogP contribution in [0.2, 0.25) is 0 Å². The molecule has 3 rings (SSSR count). The monoisotopic (exact) mass is 608 g/mol. The van der Waals surface area contributed by atoms with Crippen LogP contribution in [-0.4, -0.2) is 42.5 Å². The van der Waals surface area contributed by atoms with Crippen molar-refractivity contribution in [3.8, 4) is 11.5 Å². The highest BCUT2D eigenvalue weighted by Gasteiger charge is 2.30. The van der Waals surface area contributed by atoms with Crippen LogP contribution in [-0.2, 0) is 29.0 Å². The van der Waals surface area contributed by atoms with Gasteiger partial charge in [-0.05, 0) is 67.6 Å². The second-order valence-electron chi connectivity index (χ2n) is 9.65. The Morgan fingerprint density at radius 2 is 1.52 bits per heavy atom. The van der Waals surface area contributed by atoms with E-state index in [4.69, 9.17) is 9.47 Å². The van der Waals surface area contributed by atoms with Crippen LogP contribution in [0.1, 0.15) is 56.7 Å². The van der Waals surface area contributed by atoms with Gasteiger partial charge in [-0.1, -0.05) is 77.8 Å². The quantitative estimate of drug-likeness (QED) is 0.183. The number of aryl methyl sites for hydroxylation is 1. The van der Waals surface area contributed by atoms with Crippen molar-refractivity contribution in [1.29, 1.82) is 0 Å². The van der Waals surface area contributed by atoms with Crippen LogP contribution in [0.5, 0.6) is 11.5 Å². The van der Waals surface area contributed by atoms with Gasteiger partial charge in [0.15, 0.2) is 11.5 Å². The van der Waals surface area contributed by atoms with Crippen LogP contribution in [0.4, 0.5) is 0 Å². The minimum absolute atomic E-state index is 0.0682. The molecule has 1 unspecified atom stereocenters. The van der Waals surface area contributed by atoms with Crippen molar-refractivity contribution < 1.29 is 19.1 Å². The Hall–Kier alpha value is -3.32. The maximum Gasteiger partial charge on any atom is 0.243 e. The Morgan fingerprint density at radius 1 is 0.850 bits per heavy atom. The van der Waals surface area contributed by atoms with E-state index in [1.807, 2.05) is 86.6 Å². The van der Waals surface area contributed by atoms with Crippen LogP contribution in [0, 0.1) is 0 Å². The van der Waals surface area contributed by atoms with Gasteiger partial charge in [-0.25, -0.2) is 0 Å². The highest BCUT2D eigenvalue weighted by molar-refractivity contribution is 9.10. The maximum absolute atomic E-state index is 13.9. The fraction of sp³-hybridized carbons (Fsp3) is 0.394. The average molecular weight is 610 g/mol. The first-order valence-electron chi connectivity index (χ1n) is 14.2. The second-order valence-corrected chi connectivity index (χ2v) is 10.6. The first kappa shape index (κ1) is 31.2. The van der Waals surface area contributed by atoms with Crippen molar-refractivity contribution in [2.75, 3.05) is 19.8 Å². The normalized spacial score (nSPS) is 11.5. The molecule has 0 saturated heterocycles. The molecule has 0 bridgehead atoms. The molecule has 0 spiro atoms. The fourth-order valence-electron chi connectivity index (χ4n) is 4.49. The third-order valence-electron chi connectivity index (χ3n) is 6.60. The van der Waals surface area contributed by atoms with Crippen molar-refractivity contribution in [2.24, 2.45) is 0 Å². The first-order chi connectivity index (χ1) is 19.4. The van der Waals surface area contributed by atoms with E-state index < -0.39 is 6.04 Å². The van der Waals surface area contributed by atoms with Gasteiger partial charge >= 0.3 is 0 Å². The van der Waals surface area contributed by atoms with E-state index in [2.05, 4.69) is 28.2 Å². The van der Waals surface area contributed by atoms with Gasteiger partial charge in [-0.3, -0.25) is 9.59 Å². The number of hydrogen-bond donors (Lipinski definition) is 1. The number of halogens is 1. The summed E-state index contributed by atoms with van der Waals surface area (Å²) in [6, 6.07) is 23.0. The number of hydrogen-bond acceptors (Lipinski definition) is 4. The van der Waals surface area contributed by atoms with Crippen LogP contribution >= 0.6 is 15.9 Å². The molecule has 0 radical (unpaired) electrons. The number of nitrogens with one attached hydrogen (secondary N) is 1. The molecule has 0 aliphatic rings. The molecule has 0 heterocycles. The summed E-state index contributed by atoms with van der Waals surface area (Å²) in [5.41, 5.74) is 2.96. The van der Waals surface area contributed by atoms with Gasteiger partial charge in [0, 0.05) is 30.4 Å². The number of benzene rings is 3. The van der Waals surface area contributed by atoms with E-state index in [1.165, 1.54) is 0 Å². The van der Waals surface area contributed by atoms with E-state index in [1.54, 1.807) is 4.90 Å². The van der Waals surface area contributed by atoms with Crippen LogP contribution < -0.4 is 14.8 Å². The Labute approximate surface area is 247 Å². The standard InChI is InChI=1S/C33H41BrN2O4/c1-4-7-21-35-33(38)29(22-25-11-9-8-10-12-25)36(24-27-13-17-28(34)18-14-27)32(37)20-16-26-15-19-30(39-5-2)31(23-26)40-6-3/h8-15,17-19,23,29H,4-7,16,20-22,24H2,1-3H3,(H,35,38). The molecule has 214 valence electrons. The Bertz CT molecular complexity index is 1200. The fourth-order valence-corrected chi connectivity index (χ4v) is 4.76. The Morgan fingerprint density at radius 3 is 2.20 bits per heavy atom. The summed E-state index contributed by atoms with van der Waals surface area (Å²) in [5.74, 6) is 1.19. The molecule has 1 atom stereocenters. The molecule has 1 N–H and O–H groups in total. The Kier molecular flexibility index (Phi) is 13.0. The zero-order valence-electron chi connectivity index (χ0n) is 23.8. The largest absolute Gasteiger partial charge is 0.490 e. The van der Waals surface area contributed by atoms with Crippen molar-refractivity contribution in [3.05, 3.63) is 94.0 Å². The van der Waals surface area contributed by atoms with Gasteiger partial charge < -0.3 is 19.7 Å². The molecular weight excluding hydrogens is 568 g/mol. The lowest BCUT2D eigenvalue weighted by Crippen LogP contribution is -2.50. The molecular formula is C33H41BrN2O4. The highest BCUT2D eigenvalue weighted by atomic mass is 79.9. The van der Waals surface area contributed by atoms with E-state index in [0.717, 1.165) is 34.0 Å². The molecule has 2 amide bonds. The summed E-state index contributed by atoms with van der Waals surface area (Å²) in [4.78, 5) is 29.2. The lowest BCUT2D eigenvalue weighted by Gasteiger charge is -2.32. The topological polar surface area (TPSA) is 67.9 Å². The number of unbranched alkanes of at least 4 members (excludes halogenated alkanes) is 1. The van der Waals surface area contributed by atoms with Crippen LogP contribution in [0.3, 0.4) is 0 Å². The van der Waals surface area contributed by atoms with E-state index in [0.29, 0.717) is 50.6 Å². The summed E-state index contributed by atoms with van der Waals surface area (Å²) in [5, 5.41) is 3.08. The van der Waals surface area contributed by atoms with Gasteiger partial charge in [-0.15, -0.1) is 0 Å². The molecule has 0 aliphatic carbocycles. The number of carbonyl (C=O) groups excluding carboxylic acids is 2. The first-order valence-corrected chi connectivity index (χ1v) is 15.0. The molecule has 0 fully saturated rings. The van der Waals surface area contributed by atoms with Crippen molar-refractivity contribution in [2.45, 2.75) is 65.5 Å². The predicted molar refractivity (Wildman–Crippen MR) is 164 cm³/mol. The van der Waals surface area contributed by atoms with E-state index >= 15 is 0 Å². The minimum Gasteiger partial charge on any atom is -0.490 e. The summed E-state index contributed by atoms with van der Waals surface area (Å²) in [6.45, 7) is 7.97. The average Bonchev–Trinajstić information content (AvgIpc) is 2.96. The second kappa shape index (κ2) is 16.7. The summed E-state index contributed by atoms with van der Waals surface area (Å²) < 4.78 is 12.4. The highest BCUT2D eigenvalue weighted by Crippen LogP contribution is 2.29. The maximum atomic E-state index is 13.9. The smallest absolute Gasteiger partial charge is 0.243 e. The summed E-state index contributed by atoms with van der Waals surface area (Å²) >= 11 is 3.49. The molecule has 3 aromatic rings. The number of carbonyl (C=O) groups is 2. The predicted octanol–water partition coefficient (Wildman–Crippen LogP) is 6.74. The molecule has 3 aromatic carbocycles. The zero-order valence-corrected chi connectivity index (χ0v) is 25.4. The summed E-state index contributed by atoms with van der Waals surface area (Å²) in [6.07, 6.45) is 3.11. The molecule has 40 heavy (non-hydrogen) atoms. The van der Waals surface area contributed by atoms with Gasteiger partial charge in [0.25, 0.3) is 0 Å². The minimum atomic E-state index is -0.630. The molecule has 6 nitrogen and oxygen atoms in total. The van der Waals surface area contributed by atoms with Crippen LogP contribution in [0.15, 0.2) is 77.3 Å². The third-order valence-corrected chi connectivity index (χ3v) is 7.13.